The molecule has 1 atom stereocenters. The van der Waals surface area contributed by atoms with Gasteiger partial charge in [-0.2, -0.15) is 5.26 Å². The van der Waals surface area contributed by atoms with E-state index in [1.165, 1.54) is 18.3 Å². The number of nitrogens with one attached hydrogen (secondary N) is 1. The summed E-state index contributed by atoms with van der Waals surface area (Å²) in [4.78, 5) is 3.98. The SMILES string of the molecule is N#Cc1ccc(NC[C@H](O)c2ccc(OC(F)(F)F)cc2)nc1. The monoisotopic (exact) mass is 323 g/mol. The van der Waals surface area contributed by atoms with E-state index in [1.807, 2.05) is 6.07 Å². The van der Waals surface area contributed by atoms with E-state index in [1.54, 1.807) is 12.1 Å². The van der Waals surface area contributed by atoms with Crippen molar-refractivity contribution >= 4 is 5.82 Å². The number of benzene rings is 1. The second-order valence-electron chi connectivity index (χ2n) is 4.56. The first-order valence-electron chi connectivity index (χ1n) is 6.51. The van der Waals surface area contributed by atoms with Crippen molar-refractivity contribution in [3.63, 3.8) is 0 Å². The fourth-order valence-corrected chi connectivity index (χ4v) is 1.78. The number of alkyl halides is 3. The maximum Gasteiger partial charge on any atom is 0.573 e. The van der Waals surface area contributed by atoms with E-state index < -0.39 is 12.5 Å². The number of aliphatic hydroxyl groups excluding tert-OH is 1. The molecular weight excluding hydrogens is 311 g/mol. The lowest BCUT2D eigenvalue weighted by Crippen LogP contribution is -2.17. The zero-order valence-corrected chi connectivity index (χ0v) is 11.7. The molecule has 0 saturated carbocycles. The standard InChI is InChI=1S/C15H12F3N3O2/c16-15(17,18)23-12-4-2-11(3-5-12)13(22)9-21-14-6-1-10(7-19)8-20-14/h1-6,8,13,22H,9H2,(H,20,21)/t13-/m0/s1. The van der Waals surface area contributed by atoms with Gasteiger partial charge in [-0.1, -0.05) is 12.1 Å². The molecule has 0 aliphatic carbocycles. The Balaban J connectivity index is 1.92. The van der Waals surface area contributed by atoms with Crippen molar-refractivity contribution in [2.45, 2.75) is 12.5 Å². The molecule has 0 amide bonds. The van der Waals surface area contributed by atoms with Crippen LogP contribution in [0.5, 0.6) is 5.75 Å². The number of aliphatic hydroxyl groups is 1. The molecule has 1 aromatic heterocycles. The topological polar surface area (TPSA) is 78.2 Å². The number of hydrogen-bond acceptors (Lipinski definition) is 5. The van der Waals surface area contributed by atoms with Crippen molar-refractivity contribution in [1.29, 1.82) is 5.26 Å². The Kier molecular flexibility index (Phi) is 5.03. The van der Waals surface area contributed by atoms with Gasteiger partial charge in [0.1, 0.15) is 17.6 Å². The number of anilines is 1. The van der Waals surface area contributed by atoms with Crippen molar-refractivity contribution in [2.24, 2.45) is 0 Å². The quantitative estimate of drug-likeness (QED) is 0.884. The van der Waals surface area contributed by atoms with Crippen molar-refractivity contribution in [2.75, 3.05) is 11.9 Å². The van der Waals surface area contributed by atoms with Gasteiger partial charge in [-0.3, -0.25) is 0 Å². The smallest absolute Gasteiger partial charge is 0.406 e. The van der Waals surface area contributed by atoms with Crippen LogP contribution in [0, 0.1) is 11.3 Å². The number of ether oxygens (including phenoxy) is 1. The van der Waals surface area contributed by atoms with Crippen LogP contribution in [0.2, 0.25) is 0 Å². The first kappa shape index (κ1) is 16.6. The first-order valence-corrected chi connectivity index (χ1v) is 6.51. The van der Waals surface area contributed by atoms with Crippen LogP contribution >= 0.6 is 0 Å². The summed E-state index contributed by atoms with van der Waals surface area (Å²) in [6, 6.07) is 10.1. The summed E-state index contributed by atoms with van der Waals surface area (Å²) in [5.74, 6) is 0.121. The minimum atomic E-state index is -4.75. The van der Waals surface area contributed by atoms with Gasteiger partial charge in [0.05, 0.1) is 11.7 Å². The number of hydrogen-bond donors (Lipinski definition) is 2. The molecular formula is C15H12F3N3O2. The number of aromatic nitrogens is 1. The molecule has 120 valence electrons. The summed E-state index contributed by atoms with van der Waals surface area (Å²) >= 11 is 0. The summed E-state index contributed by atoms with van der Waals surface area (Å²) in [7, 11) is 0. The van der Waals surface area contributed by atoms with Crippen molar-refractivity contribution in [3.8, 4) is 11.8 Å². The Morgan fingerprint density at radius 2 is 1.91 bits per heavy atom. The number of nitrogens with zero attached hydrogens (tertiary/aromatic N) is 2. The molecule has 0 radical (unpaired) electrons. The van der Waals surface area contributed by atoms with Gasteiger partial charge in [-0.25, -0.2) is 4.98 Å². The molecule has 23 heavy (non-hydrogen) atoms. The summed E-state index contributed by atoms with van der Waals surface area (Å²) in [5, 5.41) is 21.5. The molecule has 2 rings (SSSR count). The summed E-state index contributed by atoms with van der Waals surface area (Å²) in [6.45, 7) is 0.109. The van der Waals surface area contributed by atoms with Gasteiger partial charge in [0, 0.05) is 12.7 Å². The van der Waals surface area contributed by atoms with Crippen LogP contribution in [0.25, 0.3) is 0 Å². The van der Waals surface area contributed by atoms with Gasteiger partial charge in [0.15, 0.2) is 0 Å². The molecule has 0 fully saturated rings. The van der Waals surface area contributed by atoms with Crippen LogP contribution in [0.3, 0.4) is 0 Å². The van der Waals surface area contributed by atoms with Gasteiger partial charge in [0.25, 0.3) is 0 Å². The number of nitriles is 1. The van der Waals surface area contributed by atoms with Gasteiger partial charge >= 0.3 is 6.36 Å². The third-order valence-electron chi connectivity index (χ3n) is 2.87. The number of pyridine rings is 1. The molecule has 0 aliphatic rings. The zero-order chi connectivity index (χ0) is 16.9. The fraction of sp³-hybridized carbons (Fsp3) is 0.200. The Morgan fingerprint density at radius 3 is 2.43 bits per heavy atom. The Bertz CT molecular complexity index is 679. The molecule has 0 bridgehead atoms. The first-order chi connectivity index (χ1) is 10.9. The predicted octanol–water partition coefficient (Wildman–Crippen LogP) is 3.00. The normalized spacial score (nSPS) is 12.3. The minimum absolute atomic E-state index is 0.109. The minimum Gasteiger partial charge on any atom is -0.406 e. The maximum atomic E-state index is 12.1. The maximum absolute atomic E-state index is 12.1. The van der Waals surface area contributed by atoms with E-state index in [2.05, 4.69) is 15.0 Å². The van der Waals surface area contributed by atoms with Crippen LogP contribution in [-0.2, 0) is 0 Å². The van der Waals surface area contributed by atoms with E-state index in [9.17, 15) is 18.3 Å². The Hall–Kier alpha value is -2.79. The Labute approximate surface area is 130 Å². The zero-order valence-electron chi connectivity index (χ0n) is 11.7. The average Bonchev–Trinajstić information content (AvgIpc) is 2.52. The van der Waals surface area contributed by atoms with Crippen LogP contribution < -0.4 is 10.1 Å². The second kappa shape index (κ2) is 6.98. The van der Waals surface area contributed by atoms with E-state index in [4.69, 9.17) is 5.26 Å². The highest BCUT2D eigenvalue weighted by Crippen LogP contribution is 2.24. The van der Waals surface area contributed by atoms with Crippen LogP contribution in [0.4, 0.5) is 19.0 Å². The molecule has 0 aliphatic heterocycles. The average molecular weight is 323 g/mol. The summed E-state index contributed by atoms with van der Waals surface area (Å²) in [5.41, 5.74) is 0.844. The summed E-state index contributed by atoms with van der Waals surface area (Å²) < 4.78 is 39.9. The lowest BCUT2D eigenvalue weighted by Gasteiger charge is -2.14. The highest BCUT2D eigenvalue weighted by atomic mass is 19.4. The van der Waals surface area contributed by atoms with Crippen molar-refractivity contribution < 1.29 is 23.0 Å². The number of rotatable bonds is 5. The van der Waals surface area contributed by atoms with E-state index in [0.717, 1.165) is 12.1 Å². The van der Waals surface area contributed by atoms with E-state index in [-0.39, 0.29) is 12.3 Å². The van der Waals surface area contributed by atoms with Gasteiger partial charge < -0.3 is 15.2 Å². The lowest BCUT2D eigenvalue weighted by atomic mass is 10.1. The van der Waals surface area contributed by atoms with Crippen LogP contribution in [0.1, 0.15) is 17.2 Å². The highest BCUT2D eigenvalue weighted by Gasteiger charge is 2.31. The molecule has 0 unspecified atom stereocenters. The molecule has 0 spiro atoms. The molecule has 8 heteroatoms. The fourth-order valence-electron chi connectivity index (χ4n) is 1.78. The van der Waals surface area contributed by atoms with E-state index in [0.29, 0.717) is 16.9 Å². The molecule has 1 aromatic carbocycles. The predicted molar refractivity (Wildman–Crippen MR) is 75.5 cm³/mol. The molecule has 0 saturated heterocycles. The van der Waals surface area contributed by atoms with Crippen LogP contribution in [-0.4, -0.2) is 23.0 Å². The van der Waals surface area contributed by atoms with Gasteiger partial charge in [-0.05, 0) is 29.8 Å². The molecule has 5 nitrogen and oxygen atoms in total. The Morgan fingerprint density at radius 1 is 1.22 bits per heavy atom. The third-order valence-corrected chi connectivity index (χ3v) is 2.87. The lowest BCUT2D eigenvalue weighted by molar-refractivity contribution is -0.274. The highest BCUT2D eigenvalue weighted by molar-refractivity contribution is 5.39. The van der Waals surface area contributed by atoms with Gasteiger partial charge in [-0.15, -0.1) is 13.2 Å². The van der Waals surface area contributed by atoms with Crippen LogP contribution in [0.15, 0.2) is 42.6 Å². The summed E-state index contributed by atoms with van der Waals surface area (Å²) in [6.07, 6.45) is -4.30. The van der Waals surface area contributed by atoms with Crippen molar-refractivity contribution in [1.82, 2.24) is 4.98 Å². The molecule has 2 aromatic rings. The number of halogens is 3. The second-order valence-corrected chi connectivity index (χ2v) is 4.56. The van der Waals surface area contributed by atoms with E-state index >= 15 is 0 Å². The molecule has 1 heterocycles. The third kappa shape index (κ3) is 5.16. The molecule has 2 N–H and O–H groups in total. The van der Waals surface area contributed by atoms with Gasteiger partial charge in [0.2, 0.25) is 0 Å². The van der Waals surface area contributed by atoms with Crippen molar-refractivity contribution in [3.05, 3.63) is 53.7 Å². The largest absolute Gasteiger partial charge is 0.573 e.